The lowest BCUT2D eigenvalue weighted by Gasteiger charge is -2.20. The molecule has 2 aromatic rings. The molecule has 0 saturated carbocycles. The molecule has 0 aromatic heterocycles. The molecule has 0 amide bonds. The molecule has 0 radical (unpaired) electrons. The number of aldehydes is 1. The Labute approximate surface area is 106 Å². The minimum Gasteiger partial charge on any atom is -0.345 e. The molecule has 18 heavy (non-hydrogen) atoms. The van der Waals surface area contributed by atoms with E-state index in [2.05, 4.69) is 0 Å². The number of nitrogens with zero attached hydrogens (tertiary/aromatic N) is 1. The van der Waals surface area contributed by atoms with Crippen LogP contribution in [0, 0.1) is 12.7 Å². The predicted molar refractivity (Wildman–Crippen MR) is 71.0 cm³/mol. The second kappa shape index (κ2) is 5.00. The van der Waals surface area contributed by atoms with Gasteiger partial charge in [0.05, 0.1) is 0 Å². The summed E-state index contributed by atoms with van der Waals surface area (Å²) < 4.78 is 13.2. The maximum absolute atomic E-state index is 13.2. The lowest BCUT2D eigenvalue weighted by atomic mass is 10.1. The van der Waals surface area contributed by atoms with Crippen LogP contribution in [0.3, 0.4) is 0 Å². The number of rotatable bonds is 3. The van der Waals surface area contributed by atoms with Gasteiger partial charge in [-0.3, -0.25) is 4.79 Å². The number of anilines is 2. The van der Waals surface area contributed by atoms with Gasteiger partial charge in [-0.1, -0.05) is 6.07 Å². The average Bonchev–Trinajstić information content (AvgIpc) is 2.37. The average molecular weight is 243 g/mol. The zero-order valence-corrected chi connectivity index (χ0v) is 10.4. The van der Waals surface area contributed by atoms with E-state index in [1.54, 1.807) is 12.1 Å². The molecule has 0 fully saturated rings. The van der Waals surface area contributed by atoms with Crippen LogP contribution < -0.4 is 4.90 Å². The Morgan fingerprint density at radius 1 is 1.11 bits per heavy atom. The third kappa shape index (κ3) is 2.40. The second-order valence-corrected chi connectivity index (χ2v) is 4.20. The predicted octanol–water partition coefficient (Wildman–Crippen LogP) is 3.71. The molecule has 0 aliphatic rings. The number of benzene rings is 2. The number of hydrogen-bond acceptors (Lipinski definition) is 2. The fourth-order valence-electron chi connectivity index (χ4n) is 1.83. The van der Waals surface area contributed by atoms with Gasteiger partial charge in [-0.2, -0.15) is 0 Å². The molecule has 0 N–H and O–H groups in total. The topological polar surface area (TPSA) is 20.3 Å². The van der Waals surface area contributed by atoms with E-state index in [1.165, 1.54) is 12.1 Å². The fraction of sp³-hybridized carbons (Fsp3) is 0.133. The molecule has 3 heteroatoms. The quantitative estimate of drug-likeness (QED) is 0.766. The molecule has 2 rings (SSSR count). The lowest BCUT2D eigenvalue weighted by molar-refractivity contribution is 0.112. The maximum atomic E-state index is 13.2. The summed E-state index contributed by atoms with van der Waals surface area (Å²) in [6.07, 6.45) is 0.835. The zero-order chi connectivity index (χ0) is 13.1. The summed E-state index contributed by atoms with van der Waals surface area (Å²) in [6.45, 7) is 1.88. The third-order valence-corrected chi connectivity index (χ3v) is 2.96. The van der Waals surface area contributed by atoms with Crippen LogP contribution in [0.25, 0.3) is 0 Å². The van der Waals surface area contributed by atoms with Crippen LogP contribution in [-0.4, -0.2) is 13.3 Å². The smallest absolute Gasteiger partial charge is 0.150 e. The van der Waals surface area contributed by atoms with E-state index in [0.29, 0.717) is 5.56 Å². The third-order valence-electron chi connectivity index (χ3n) is 2.96. The van der Waals surface area contributed by atoms with Crippen molar-refractivity contribution in [1.82, 2.24) is 0 Å². The van der Waals surface area contributed by atoms with E-state index < -0.39 is 0 Å². The maximum Gasteiger partial charge on any atom is 0.150 e. The van der Waals surface area contributed by atoms with E-state index in [1.807, 2.05) is 37.1 Å². The van der Waals surface area contributed by atoms with Crippen molar-refractivity contribution in [3.63, 3.8) is 0 Å². The molecular weight excluding hydrogens is 229 g/mol. The Balaban J connectivity index is 2.37. The standard InChI is InChI=1S/C15H14FNO/c1-11-8-15(7-6-12(11)10-18)17(2)14-5-3-4-13(16)9-14/h3-10H,1-2H3. The Morgan fingerprint density at radius 3 is 2.44 bits per heavy atom. The SMILES string of the molecule is Cc1cc(N(C)c2cccc(F)c2)ccc1C=O. The van der Waals surface area contributed by atoms with Crippen LogP contribution in [0.15, 0.2) is 42.5 Å². The molecule has 0 aliphatic carbocycles. The van der Waals surface area contributed by atoms with Gasteiger partial charge in [0.1, 0.15) is 12.1 Å². The van der Waals surface area contributed by atoms with Gasteiger partial charge in [0.2, 0.25) is 0 Å². The van der Waals surface area contributed by atoms with Crippen molar-refractivity contribution in [2.24, 2.45) is 0 Å². The van der Waals surface area contributed by atoms with Crippen molar-refractivity contribution < 1.29 is 9.18 Å². The molecule has 0 saturated heterocycles. The first-order valence-corrected chi connectivity index (χ1v) is 5.67. The highest BCUT2D eigenvalue weighted by molar-refractivity contribution is 5.79. The second-order valence-electron chi connectivity index (χ2n) is 4.20. The van der Waals surface area contributed by atoms with Gasteiger partial charge >= 0.3 is 0 Å². The summed E-state index contributed by atoms with van der Waals surface area (Å²) in [5, 5.41) is 0. The first-order chi connectivity index (χ1) is 8.61. The van der Waals surface area contributed by atoms with Crippen molar-refractivity contribution in [1.29, 1.82) is 0 Å². The molecule has 92 valence electrons. The molecule has 2 nitrogen and oxygen atoms in total. The molecule has 2 aromatic carbocycles. The van der Waals surface area contributed by atoms with Crippen molar-refractivity contribution in [3.05, 3.63) is 59.4 Å². The number of carbonyl (C=O) groups is 1. The Kier molecular flexibility index (Phi) is 3.42. The van der Waals surface area contributed by atoms with Gasteiger partial charge in [0, 0.05) is 24.0 Å². The molecule has 0 heterocycles. The zero-order valence-electron chi connectivity index (χ0n) is 10.4. The Bertz CT molecular complexity index is 580. The van der Waals surface area contributed by atoms with E-state index in [4.69, 9.17) is 0 Å². The van der Waals surface area contributed by atoms with Crippen molar-refractivity contribution in [3.8, 4) is 0 Å². The highest BCUT2D eigenvalue weighted by atomic mass is 19.1. The molecule has 0 unspecified atom stereocenters. The minimum absolute atomic E-state index is 0.263. The Morgan fingerprint density at radius 2 is 1.83 bits per heavy atom. The first-order valence-electron chi connectivity index (χ1n) is 5.67. The largest absolute Gasteiger partial charge is 0.345 e. The lowest BCUT2D eigenvalue weighted by Crippen LogP contribution is -2.10. The summed E-state index contributed by atoms with van der Waals surface area (Å²) in [7, 11) is 1.87. The molecule has 0 atom stereocenters. The molecule has 0 aliphatic heterocycles. The summed E-state index contributed by atoms with van der Waals surface area (Å²) in [5.41, 5.74) is 3.27. The van der Waals surface area contributed by atoms with Gasteiger partial charge in [-0.15, -0.1) is 0 Å². The minimum atomic E-state index is -0.263. The van der Waals surface area contributed by atoms with E-state index in [-0.39, 0.29) is 5.82 Å². The molecule has 0 bridgehead atoms. The number of hydrogen-bond donors (Lipinski definition) is 0. The molecule has 0 spiro atoms. The highest BCUT2D eigenvalue weighted by Gasteiger charge is 2.06. The van der Waals surface area contributed by atoms with Crippen LogP contribution >= 0.6 is 0 Å². The van der Waals surface area contributed by atoms with Crippen molar-refractivity contribution in [2.45, 2.75) is 6.92 Å². The van der Waals surface area contributed by atoms with Crippen LogP contribution in [0.2, 0.25) is 0 Å². The number of aryl methyl sites for hydroxylation is 1. The van der Waals surface area contributed by atoms with E-state index in [9.17, 15) is 9.18 Å². The monoisotopic (exact) mass is 243 g/mol. The highest BCUT2D eigenvalue weighted by Crippen LogP contribution is 2.25. The van der Waals surface area contributed by atoms with Crippen LogP contribution in [-0.2, 0) is 0 Å². The summed E-state index contributed by atoms with van der Waals surface area (Å²) in [6, 6.07) is 11.9. The van der Waals surface area contributed by atoms with Gasteiger partial charge in [0.25, 0.3) is 0 Å². The molecular formula is C15H14FNO. The summed E-state index contributed by atoms with van der Waals surface area (Å²) >= 11 is 0. The van der Waals surface area contributed by atoms with Gasteiger partial charge < -0.3 is 4.90 Å². The van der Waals surface area contributed by atoms with E-state index in [0.717, 1.165) is 23.2 Å². The van der Waals surface area contributed by atoms with Gasteiger partial charge in [-0.25, -0.2) is 4.39 Å². The van der Waals surface area contributed by atoms with Crippen molar-refractivity contribution >= 4 is 17.7 Å². The normalized spacial score (nSPS) is 10.2. The van der Waals surface area contributed by atoms with E-state index >= 15 is 0 Å². The van der Waals surface area contributed by atoms with Gasteiger partial charge in [-0.05, 0) is 48.9 Å². The summed E-state index contributed by atoms with van der Waals surface area (Å²) in [4.78, 5) is 12.6. The summed E-state index contributed by atoms with van der Waals surface area (Å²) in [5.74, 6) is -0.263. The first kappa shape index (κ1) is 12.3. The number of carbonyl (C=O) groups excluding carboxylic acids is 1. The van der Waals surface area contributed by atoms with Crippen LogP contribution in [0.5, 0.6) is 0 Å². The van der Waals surface area contributed by atoms with Crippen LogP contribution in [0.1, 0.15) is 15.9 Å². The number of halogens is 1. The fourth-order valence-corrected chi connectivity index (χ4v) is 1.83. The van der Waals surface area contributed by atoms with Gasteiger partial charge in [0.15, 0.2) is 0 Å². The van der Waals surface area contributed by atoms with Crippen LogP contribution in [0.4, 0.5) is 15.8 Å². The van der Waals surface area contributed by atoms with Crippen molar-refractivity contribution in [2.75, 3.05) is 11.9 Å². The Hall–Kier alpha value is -2.16.